The summed E-state index contributed by atoms with van der Waals surface area (Å²) in [6.45, 7) is 0.992. The molecule has 1 aromatic rings. The molecular weight excluding hydrogens is 198 g/mol. The predicted octanol–water partition coefficient (Wildman–Crippen LogP) is 1.74. The second-order valence-electron chi connectivity index (χ2n) is 3.10. The van der Waals surface area contributed by atoms with Crippen LogP contribution in [-0.4, -0.2) is 24.5 Å². The Morgan fingerprint density at radius 3 is 3.07 bits per heavy atom. The third kappa shape index (κ3) is 1.67. The fourth-order valence-corrected chi connectivity index (χ4v) is 2.62. The molecule has 0 aromatic heterocycles. The van der Waals surface area contributed by atoms with E-state index in [1.807, 2.05) is 12.1 Å². The second-order valence-corrected chi connectivity index (χ2v) is 4.32. The van der Waals surface area contributed by atoms with Crippen molar-refractivity contribution in [3.05, 3.63) is 23.8 Å². The smallest absolute Gasteiger partial charge is 0.163 e. The lowest BCUT2D eigenvalue weighted by Crippen LogP contribution is -2.12. The molecular formula is C10H13NO2S. The summed E-state index contributed by atoms with van der Waals surface area (Å²) < 4.78 is 5.06. The van der Waals surface area contributed by atoms with Crippen LogP contribution < -0.4 is 10.1 Å². The van der Waals surface area contributed by atoms with E-state index in [1.165, 1.54) is 0 Å². The molecule has 0 bridgehead atoms. The normalized spacial score (nSPS) is 21.1. The largest absolute Gasteiger partial charge is 0.504 e. The van der Waals surface area contributed by atoms with Gasteiger partial charge in [0.15, 0.2) is 11.5 Å². The Balaban J connectivity index is 2.32. The van der Waals surface area contributed by atoms with Crippen LogP contribution in [0, 0.1) is 0 Å². The van der Waals surface area contributed by atoms with E-state index in [0.717, 1.165) is 17.9 Å². The molecule has 0 aliphatic carbocycles. The molecule has 1 aliphatic rings. The average Bonchev–Trinajstić information content (AvgIpc) is 2.71. The predicted molar refractivity (Wildman–Crippen MR) is 57.9 cm³/mol. The van der Waals surface area contributed by atoms with Crippen LogP contribution in [0.5, 0.6) is 11.5 Å². The molecule has 1 aromatic carbocycles. The standard InChI is InChI=1S/C10H13NO2S/c1-13-8-4-2-3-7(9(8)12)10-11-5-6-14-10/h2-4,10-12H,5-6H2,1H3. The SMILES string of the molecule is COc1cccc(C2NCCS2)c1O. The van der Waals surface area contributed by atoms with Gasteiger partial charge < -0.3 is 15.2 Å². The fourth-order valence-electron chi connectivity index (χ4n) is 1.54. The summed E-state index contributed by atoms with van der Waals surface area (Å²) in [7, 11) is 1.56. The topological polar surface area (TPSA) is 41.5 Å². The van der Waals surface area contributed by atoms with Gasteiger partial charge >= 0.3 is 0 Å². The molecule has 0 amide bonds. The quantitative estimate of drug-likeness (QED) is 0.782. The Labute approximate surface area is 87.5 Å². The molecule has 0 saturated carbocycles. The highest BCUT2D eigenvalue weighted by molar-refractivity contribution is 7.99. The first kappa shape index (κ1) is 9.68. The van der Waals surface area contributed by atoms with E-state index in [9.17, 15) is 5.11 Å². The van der Waals surface area contributed by atoms with Crippen LogP contribution in [0.2, 0.25) is 0 Å². The number of nitrogens with one attached hydrogen (secondary N) is 1. The maximum absolute atomic E-state index is 9.87. The molecule has 76 valence electrons. The van der Waals surface area contributed by atoms with E-state index >= 15 is 0 Å². The van der Waals surface area contributed by atoms with Gasteiger partial charge in [0.1, 0.15) is 0 Å². The van der Waals surface area contributed by atoms with E-state index < -0.39 is 0 Å². The first-order valence-corrected chi connectivity index (χ1v) is 5.58. The van der Waals surface area contributed by atoms with E-state index in [0.29, 0.717) is 5.75 Å². The highest BCUT2D eigenvalue weighted by Crippen LogP contribution is 2.39. The van der Waals surface area contributed by atoms with Gasteiger partial charge in [-0.2, -0.15) is 0 Å². The van der Waals surface area contributed by atoms with Gasteiger partial charge in [0.25, 0.3) is 0 Å². The zero-order valence-corrected chi connectivity index (χ0v) is 8.80. The van der Waals surface area contributed by atoms with E-state index in [-0.39, 0.29) is 11.1 Å². The minimum atomic E-state index is 0.199. The second kappa shape index (κ2) is 4.11. The summed E-state index contributed by atoms with van der Waals surface area (Å²) in [6, 6.07) is 5.58. The molecule has 3 nitrogen and oxygen atoms in total. The van der Waals surface area contributed by atoms with Gasteiger partial charge in [-0.15, -0.1) is 11.8 Å². The number of thioether (sulfide) groups is 1. The van der Waals surface area contributed by atoms with E-state index in [2.05, 4.69) is 5.32 Å². The van der Waals surface area contributed by atoms with Crippen molar-refractivity contribution in [2.24, 2.45) is 0 Å². The molecule has 0 radical (unpaired) electrons. The highest BCUT2D eigenvalue weighted by atomic mass is 32.2. The van der Waals surface area contributed by atoms with Crippen LogP contribution in [0.1, 0.15) is 10.9 Å². The van der Waals surface area contributed by atoms with Gasteiger partial charge in [-0.05, 0) is 6.07 Å². The Hall–Kier alpha value is -0.870. The Bertz CT molecular complexity index is 324. The summed E-state index contributed by atoms with van der Waals surface area (Å²) >= 11 is 1.80. The van der Waals surface area contributed by atoms with Crippen molar-refractivity contribution >= 4 is 11.8 Å². The van der Waals surface area contributed by atoms with Crippen LogP contribution in [0.15, 0.2) is 18.2 Å². The van der Waals surface area contributed by atoms with Crippen molar-refractivity contribution in [1.82, 2.24) is 5.32 Å². The summed E-state index contributed by atoms with van der Waals surface area (Å²) in [4.78, 5) is 0. The maximum atomic E-state index is 9.87. The summed E-state index contributed by atoms with van der Waals surface area (Å²) in [5, 5.41) is 13.4. The lowest BCUT2D eigenvalue weighted by molar-refractivity contribution is 0.370. The van der Waals surface area contributed by atoms with Crippen molar-refractivity contribution < 1.29 is 9.84 Å². The van der Waals surface area contributed by atoms with Crippen molar-refractivity contribution in [2.45, 2.75) is 5.37 Å². The lowest BCUT2D eigenvalue weighted by Gasteiger charge is -2.13. The fraction of sp³-hybridized carbons (Fsp3) is 0.400. The zero-order valence-electron chi connectivity index (χ0n) is 7.99. The molecule has 1 fully saturated rings. The third-order valence-electron chi connectivity index (χ3n) is 2.25. The number of phenolic OH excluding ortho intramolecular Hbond substituents is 1. The minimum absolute atomic E-state index is 0.199. The van der Waals surface area contributed by atoms with Gasteiger partial charge in [0.2, 0.25) is 0 Å². The number of aromatic hydroxyl groups is 1. The number of rotatable bonds is 2. The molecule has 4 heteroatoms. The lowest BCUT2D eigenvalue weighted by atomic mass is 10.2. The Morgan fingerprint density at radius 2 is 2.43 bits per heavy atom. The van der Waals surface area contributed by atoms with E-state index in [1.54, 1.807) is 24.9 Å². The number of hydrogen-bond donors (Lipinski definition) is 2. The molecule has 0 spiro atoms. The zero-order chi connectivity index (χ0) is 9.97. The Kier molecular flexibility index (Phi) is 2.84. The van der Waals surface area contributed by atoms with Gasteiger partial charge in [0, 0.05) is 17.9 Å². The van der Waals surface area contributed by atoms with Crippen LogP contribution in [0.3, 0.4) is 0 Å². The molecule has 2 rings (SSSR count). The Morgan fingerprint density at radius 1 is 1.57 bits per heavy atom. The van der Waals surface area contributed by atoms with Crippen LogP contribution in [0.4, 0.5) is 0 Å². The van der Waals surface area contributed by atoms with Crippen LogP contribution in [-0.2, 0) is 0 Å². The summed E-state index contributed by atoms with van der Waals surface area (Å²) in [6.07, 6.45) is 0. The van der Waals surface area contributed by atoms with Crippen LogP contribution >= 0.6 is 11.8 Å². The van der Waals surface area contributed by atoms with Gasteiger partial charge in [-0.25, -0.2) is 0 Å². The minimum Gasteiger partial charge on any atom is -0.504 e. The number of ether oxygens (including phenoxy) is 1. The molecule has 14 heavy (non-hydrogen) atoms. The number of phenols is 1. The van der Waals surface area contributed by atoms with Crippen molar-refractivity contribution in [2.75, 3.05) is 19.4 Å². The molecule has 1 heterocycles. The van der Waals surface area contributed by atoms with Gasteiger partial charge in [-0.3, -0.25) is 0 Å². The van der Waals surface area contributed by atoms with Gasteiger partial charge in [0.05, 0.1) is 12.5 Å². The number of methoxy groups -OCH3 is 1. The summed E-state index contributed by atoms with van der Waals surface area (Å²) in [5.41, 5.74) is 0.909. The van der Waals surface area contributed by atoms with E-state index in [4.69, 9.17) is 4.74 Å². The van der Waals surface area contributed by atoms with Crippen molar-refractivity contribution in [3.8, 4) is 11.5 Å². The molecule has 1 unspecified atom stereocenters. The molecule has 1 atom stereocenters. The van der Waals surface area contributed by atoms with Crippen molar-refractivity contribution in [3.63, 3.8) is 0 Å². The molecule has 1 aliphatic heterocycles. The monoisotopic (exact) mass is 211 g/mol. The first-order chi connectivity index (χ1) is 6.83. The molecule has 2 N–H and O–H groups in total. The number of hydrogen-bond acceptors (Lipinski definition) is 4. The average molecular weight is 211 g/mol. The number of benzene rings is 1. The third-order valence-corrected chi connectivity index (χ3v) is 3.44. The first-order valence-electron chi connectivity index (χ1n) is 4.54. The maximum Gasteiger partial charge on any atom is 0.163 e. The van der Waals surface area contributed by atoms with Gasteiger partial charge in [-0.1, -0.05) is 12.1 Å². The highest BCUT2D eigenvalue weighted by Gasteiger charge is 2.21. The van der Waals surface area contributed by atoms with Crippen molar-refractivity contribution in [1.29, 1.82) is 0 Å². The van der Waals surface area contributed by atoms with Crippen LogP contribution in [0.25, 0.3) is 0 Å². The summed E-state index contributed by atoms with van der Waals surface area (Å²) in [5.74, 6) is 1.88. The number of para-hydroxylation sites is 1. The molecule has 1 saturated heterocycles.